The lowest BCUT2D eigenvalue weighted by atomic mass is 9.89. The molecule has 5 nitrogen and oxygen atoms in total. The van der Waals surface area contributed by atoms with E-state index >= 15 is 0 Å². The highest BCUT2D eigenvalue weighted by Crippen LogP contribution is 2.39. The molecule has 1 aliphatic heterocycles. The van der Waals surface area contributed by atoms with E-state index < -0.39 is 5.60 Å². The van der Waals surface area contributed by atoms with Gasteiger partial charge in [0.15, 0.2) is 0 Å². The lowest BCUT2D eigenvalue weighted by Crippen LogP contribution is -2.42. The SMILES string of the molecule is COc1ccc(NC(=O)N[C@@H]2CC(C)(C)Oc3ccc(F)cc32)cc1. The second kappa shape index (κ2) is 6.63. The van der Waals surface area contributed by atoms with Gasteiger partial charge in [-0.25, -0.2) is 9.18 Å². The Morgan fingerprint density at radius 1 is 1.24 bits per heavy atom. The minimum atomic E-state index is -0.455. The van der Waals surface area contributed by atoms with Crippen molar-refractivity contribution in [2.24, 2.45) is 0 Å². The van der Waals surface area contributed by atoms with Crippen molar-refractivity contribution in [1.29, 1.82) is 0 Å². The first-order valence-corrected chi connectivity index (χ1v) is 8.06. The number of halogens is 1. The number of urea groups is 1. The lowest BCUT2D eigenvalue weighted by Gasteiger charge is -2.37. The van der Waals surface area contributed by atoms with Crippen LogP contribution in [-0.4, -0.2) is 18.7 Å². The fraction of sp³-hybridized carbons (Fsp3) is 0.316. The molecule has 3 rings (SSSR count). The highest BCUT2D eigenvalue weighted by molar-refractivity contribution is 5.89. The predicted molar refractivity (Wildman–Crippen MR) is 93.6 cm³/mol. The van der Waals surface area contributed by atoms with E-state index in [2.05, 4.69) is 10.6 Å². The van der Waals surface area contributed by atoms with E-state index in [-0.39, 0.29) is 17.9 Å². The first-order chi connectivity index (χ1) is 11.9. The van der Waals surface area contributed by atoms with Crippen molar-refractivity contribution in [3.05, 3.63) is 53.8 Å². The number of carbonyl (C=O) groups excluding carboxylic acids is 1. The molecule has 1 heterocycles. The van der Waals surface area contributed by atoms with Crippen LogP contribution in [0.15, 0.2) is 42.5 Å². The van der Waals surface area contributed by atoms with Gasteiger partial charge in [-0.15, -0.1) is 0 Å². The summed E-state index contributed by atoms with van der Waals surface area (Å²) in [4.78, 5) is 12.4. The molecule has 0 radical (unpaired) electrons. The summed E-state index contributed by atoms with van der Waals surface area (Å²) in [5, 5.41) is 5.68. The van der Waals surface area contributed by atoms with Gasteiger partial charge in [-0.1, -0.05) is 0 Å². The van der Waals surface area contributed by atoms with Crippen molar-refractivity contribution >= 4 is 11.7 Å². The Morgan fingerprint density at radius 2 is 1.96 bits per heavy atom. The normalized spacial score (nSPS) is 17.8. The fourth-order valence-electron chi connectivity index (χ4n) is 2.95. The summed E-state index contributed by atoms with van der Waals surface area (Å²) in [6.45, 7) is 3.88. The van der Waals surface area contributed by atoms with Gasteiger partial charge in [0.25, 0.3) is 0 Å². The highest BCUT2D eigenvalue weighted by Gasteiger charge is 2.34. The van der Waals surface area contributed by atoms with Crippen LogP contribution in [0.4, 0.5) is 14.9 Å². The molecule has 0 saturated heterocycles. The summed E-state index contributed by atoms with van der Waals surface area (Å²) in [6, 6.07) is 10.7. The monoisotopic (exact) mass is 344 g/mol. The number of nitrogens with one attached hydrogen (secondary N) is 2. The largest absolute Gasteiger partial charge is 0.497 e. The summed E-state index contributed by atoms with van der Waals surface area (Å²) in [6.07, 6.45) is 0.541. The van der Waals surface area contributed by atoms with Crippen LogP contribution in [0.2, 0.25) is 0 Å². The maximum absolute atomic E-state index is 13.6. The van der Waals surface area contributed by atoms with Crippen LogP contribution in [0.25, 0.3) is 0 Å². The number of anilines is 1. The number of methoxy groups -OCH3 is 1. The molecule has 0 spiro atoms. The Morgan fingerprint density at radius 3 is 2.64 bits per heavy atom. The number of hydrogen-bond acceptors (Lipinski definition) is 3. The minimum absolute atomic E-state index is 0.340. The molecule has 25 heavy (non-hydrogen) atoms. The summed E-state index contributed by atoms with van der Waals surface area (Å²) in [5.41, 5.74) is 0.830. The van der Waals surface area contributed by atoms with Crippen LogP contribution in [0.5, 0.6) is 11.5 Å². The van der Waals surface area contributed by atoms with E-state index in [0.717, 1.165) is 0 Å². The zero-order valence-electron chi connectivity index (χ0n) is 14.4. The molecule has 2 N–H and O–H groups in total. The fourth-order valence-corrected chi connectivity index (χ4v) is 2.95. The molecule has 0 unspecified atom stereocenters. The first kappa shape index (κ1) is 17.1. The molecule has 0 fully saturated rings. The van der Waals surface area contributed by atoms with E-state index in [1.807, 2.05) is 13.8 Å². The van der Waals surface area contributed by atoms with Crippen LogP contribution < -0.4 is 20.1 Å². The average molecular weight is 344 g/mol. The summed E-state index contributed by atoms with van der Waals surface area (Å²) in [7, 11) is 1.58. The van der Waals surface area contributed by atoms with Gasteiger partial charge >= 0.3 is 6.03 Å². The van der Waals surface area contributed by atoms with Gasteiger partial charge in [0, 0.05) is 17.7 Å². The van der Waals surface area contributed by atoms with E-state index in [9.17, 15) is 9.18 Å². The molecule has 0 bridgehead atoms. The van der Waals surface area contributed by atoms with Gasteiger partial charge in [-0.3, -0.25) is 0 Å². The Hall–Kier alpha value is -2.76. The third-order valence-electron chi connectivity index (χ3n) is 4.08. The maximum atomic E-state index is 13.6. The van der Waals surface area contributed by atoms with Crippen LogP contribution in [0, 0.1) is 5.82 Å². The smallest absolute Gasteiger partial charge is 0.319 e. The molecule has 6 heteroatoms. The molecule has 1 aliphatic rings. The van der Waals surface area contributed by atoms with Gasteiger partial charge in [0.2, 0.25) is 0 Å². The molecular formula is C19H21FN2O3. The average Bonchev–Trinajstić information content (AvgIpc) is 2.55. The Kier molecular flexibility index (Phi) is 4.53. The Labute approximate surface area is 146 Å². The zero-order valence-corrected chi connectivity index (χ0v) is 14.4. The number of fused-ring (bicyclic) bond motifs is 1. The molecule has 1 atom stereocenters. The standard InChI is InChI=1S/C19H21FN2O3/c1-19(2)11-16(15-10-12(20)4-9-17(15)25-19)22-18(23)21-13-5-7-14(24-3)8-6-13/h4-10,16H,11H2,1-3H3,(H2,21,22,23)/t16-/m1/s1. The van der Waals surface area contributed by atoms with Crippen molar-refractivity contribution in [3.63, 3.8) is 0 Å². The predicted octanol–water partition coefficient (Wildman–Crippen LogP) is 4.26. The van der Waals surface area contributed by atoms with Crippen molar-refractivity contribution in [2.45, 2.75) is 31.9 Å². The number of benzene rings is 2. The van der Waals surface area contributed by atoms with Gasteiger partial charge in [-0.05, 0) is 56.3 Å². The molecular weight excluding hydrogens is 323 g/mol. The lowest BCUT2D eigenvalue weighted by molar-refractivity contribution is 0.0680. The minimum Gasteiger partial charge on any atom is -0.497 e. The summed E-state index contributed by atoms with van der Waals surface area (Å²) >= 11 is 0. The molecule has 2 aromatic carbocycles. The summed E-state index contributed by atoms with van der Waals surface area (Å²) < 4.78 is 24.6. The Balaban J connectivity index is 1.74. The van der Waals surface area contributed by atoms with Crippen LogP contribution in [0.1, 0.15) is 31.9 Å². The van der Waals surface area contributed by atoms with Crippen molar-refractivity contribution < 1.29 is 18.7 Å². The molecule has 0 saturated carbocycles. The topological polar surface area (TPSA) is 59.6 Å². The van der Waals surface area contributed by atoms with E-state index in [1.165, 1.54) is 12.1 Å². The van der Waals surface area contributed by atoms with Crippen molar-refractivity contribution in [1.82, 2.24) is 5.32 Å². The van der Waals surface area contributed by atoms with Gasteiger partial charge in [-0.2, -0.15) is 0 Å². The number of rotatable bonds is 3. The van der Waals surface area contributed by atoms with E-state index in [0.29, 0.717) is 29.2 Å². The van der Waals surface area contributed by atoms with Crippen LogP contribution >= 0.6 is 0 Å². The number of ether oxygens (including phenoxy) is 2. The van der Waals surface area contributed by atoms with Gasteiger partial charge in [0.05, 0.1) is 13.2 Å². The second-order valence-corrected chi connectivity index (χ2v) is 6.63. The zero-order chi connectivity index (χ0) is 18.0. The Bertz CT molecular complexity index is 775. The van der Waals surface area contributed by atoms with Crippen molar-refractivity contribution in [2.75, 3.05) is 12.4 Å². The van der Waals surface area contributed by atoms with Gasteiger partial charge < -0.3 is 20.1 Å². The summed E-state index contributed by atoms with van der Waals surface area (Å²) in [5.74, 6) is 0.943. The van der Waals surface area contributed by atoms with E-state index in [4.69, 9.17) is 9.47 Å². The highest BCUT2D eigenvalue weighted by atomic mass is 19.1. The third kappa shape index (κ3) is 4.02. The van der Waals surface area contributed by atoms with Crippen LogP contribution in [0.3, 0.4) is 0 Å². The second-order valence-electron chi connectivity index (χ2n) is 6.63. The van der Waals surface area contributed by atoms with Gasteiger partial charge in [0.1, 0.15) is 22.9 Å². The van der Waals surface area contributed by atoms with Crippen LogP contribution in [-0.2, 0) is 0 Å². The third-order valence-corrected chi connectivity index (χ3v) is 4.08. The molecule has 0 aliphatic carbocycles. The maximum Gasteiger partial charge on any atom is 0.319 e. The van der Waals surface area contributed by atoms with Crippen molar-refractivity contribution in [3.8, 4) is 11.5 Å². The quantitative estimate of drug-likeness (QED) is 0.875. The molecule has 0 aromatic heterocycles. The number of hydrogen-bond donors (Lipinski definition) is 2. The van der Waals surface area contributed by atoms with E-state index in [1.54, 1.807) is 37.4 Å². The first-order valence-electron chi connectivity index (χ1n) is 8.06. The molecule has 2 aromatic rings. The number of amides is 2. The number of carbonyl (C=O) groups is 1. The molecule has 2 amide bonds. The molecule has 132 valence electrons.